The Morgan fingerprint density at radius 3 is 2.55 bits per heavy atom. The van der Waals surface area contributed by atoms with Gasteiger partial charge in [0.1, 0.15) is 4.90 Å². The molecule has 2 rings (SSSR count). The van der Waals surface area contributed by atoms with Gasteiger partial charge in [-0.15, -0.1) is 0 Å². The second-order valence-corrected chi connectivity index (χ2v) is 6.86. The summed E-state index contributed by atoms with van der Waals surface area (Å²) in [6, 6.07) is 3.71. The number of sulfonamides is 1. The molecule has 0 saturated heterocycles. The molecule has 0 radical (unpaired) electrons. The normalized spacial score (nSPS) is 15.5. The first-order valence-electron chi connectivity index (χ1n) is 6.49. The maximum Gasteiger partial charge on any atom is 0.335 e. The zero-order valence-corrected chi connectivity index (χ0v) is 12.1. The molecule has 0 spiro atoms. The molecule has 1 fully saturated rings. The molecule has 1 aromatic rings. The first kappa shape index (κ1) is 14.8. The van der Waals surface area contributed by atoms with Crippen molar-refractivity contribution in [2.24, 2.45) is 5.92 Å². The Hall–Kier alpha value is -1.60. The monoisotopic (exact) mass is 298 g/mol. The van der Waals surface area contributed by atoms with Gasteiger partial charge in [-0.25, -0.2) is 13.2 Å². The molecule has 1 aliphatic carbocycles. The zero-order chi connectivity index (χ0) is 14.9. The number of benzene rings is 1. The van der Waals surface area contributed by atoms with Gasteiger partial charge in [-0.3, -0.25) is 0 Å². The molecule has 0 aromatic heterocycles. The summed E-state index contributed by atoms with van der Waals surface area (Å²) in [5.74, 6) is -0.699. The molecular weight excluding hydrogens is 280 g/mol. The standard InChI is InChI=1S/C13H18N2O4S/c1-2-15(8-9-3-4-9)20(18,19)12-6-5-10(13(16)17)7-11(12)14/h5-7,9H,2-4,8,14H2,1H3,(H,16,17). The van der Waals surface area contributed by atoms with E-state index in [1.807, 2.05) is 0 Å². The number of hydrogen-bond donors (Lipinski definition) is 2. The van der Waals surface area contributed by atoms with Crippen LogP contribution in [0.3, 0.4) is 0 Å². The molecular formula is C13H18N2O4S. The summed E-state index contributed by atoms with van der Waals surface area (Å²) in [5.41, 5.74) is 5.66. The molecule has 1 aromatic carbocycles. The summed E-state index contributed by atoms with van der Waals surface area (Å²) >= 11 is 0. The molecule has 110 valence electrons. The van der Waals surface area contributed by atoms with Crippen molar-refractivity contribution in [3.63, 3.8) is 0 Å². The van der Waals surface area contributed by atoms with Crippen molar-refractivity contribution >= 4 is 21.7 Å². The van der Waals surface area contributed by atoms with Crippen LogP contribution in [0.4, 0.5) is 5.69 Å². The second-order valence-electron chi connectivity index (χ2n) is 4.96. The fourth-order valence-corrected chi connectivity index (χ4v) is 3.66. The Morgan fingerprint density at radius 2 is 2.10 bits per heavy atom. The highest BCUT2D eigenvalue weighted by atomic mass is 32.2. The summed E-state index contributed by atoms with van der Waals surface area (Å²) in [6.07, 6.45) is 2.11. The minimum absolute atomic E-state index is 0.0216. The topological polar surface area (TPSA) is 101 Å². The van der Waals surface area contributed by atoms with Crippen LogP contribution in [0.5, 0.6) is 0 Å². The highest BCUT2D eigenvalue weighted by Crippen LogP contribution is 2.32. The zero-order valence-electron chi connectivity index (χ0n) is 11.2. The van der Waals surface area contributed by atoms with E-state index >= 15 is 0 Å². The molecule has 1 aliphatic rings. The maximum absolute atomic E-state index is 12.5. The van der Waals surface area contributed by atoms with Gasteiger partial charge in [0.15, 0.2) is 0 Å². The summed E-state index contributed by atoms with van der Waals surface area (Å²) in [5, 5.41) is 8.87. The van der Waals surface area contributed by atoms with Crippen molar-refractivity contribution in [2.45, 2.75) is 24.7 Å². The van der Waals surface area contributed by atoms with Gasteiger partial charge < -0.3 is 10.8 Å². The van der Waals surface area contributed by atoms with Gasteiger partial charge in [0.2, 0.25) is 10.0 Å². The molecule has 0 unspecified atom stereocenters. The average molecular weight is 298 g/mol. The van der Waals surface area contributed by atoms with Crippen LogP contribution in [0.25, 0.3) is 0 Å². The van der Waals surface area contributed by atoms with Crippen molar-refractivity contribution in [3.05, 3.63) is 23.8 Å². The van der Waals surface area contributed by atoms with E-state index in [2.05, 4.69) is 0 Å². The molecule has 7 heteroatoms. The molecule has 1 saturated carbocycles. The van der Waals surface area contributed by atoms with Crippen molar-refractivity contribution in [1.29, 1.82) is 0 Å². The van der Waals surface area contributed by atoms with Crippen molar-refractivity contribution in [1.82, 2.24) is 4.31 Å². The lowest BCUT2D eigenvalue weighted by Crippen LogP contribution is -2.33. The molecule has 0 amide bonds. The van der Waals surface area contributed by atoms with Crippen molar-refractivity contribution < 1.29 is 18.3 Å². The van der Waals surface area contributed by atoms with Crippen LogP contribution < -0.4 is 5.73 Å². The molecule has 0 atom stereocenters. The van der Waals surface area contributed by atoms with Crippen LogP contribution in [0, 0.1) is 5.92 Å². The number of nitrogens with two attached hydrogens (primary N) is 1. The molecule has 6 nitrogen and oxygen atoms in total. The molecule has 0 heterocycles. The smallest absolute Gasteiger partial charge is 0.335 e. The third-order valence-electron chi connectivity index (χ3n) is 3.39. The maximum atomic E-state index is 12.5. The SMILES string of the molecule is CCN(CC1CC1)S(=O)(=O)c1ccc(C(=O)O)cc1N. The number of anilines is 1. The van der Waals surface area contributed by atoms with Crippen molar-refractivity contribution in [2.75, 3.05) is 18.8 Å². The van der Waals surface area contributed by atoms with Crippen LogP contribution in [-0.2, 0) is 10.0 Å². The highest BCUT2D eigenvalue weighted by Gasteiger charge is 2.31. The van der Waals surface area contributed by atoms with Gasteiger partial charge >= 0.3 is 5.97 Å². The Balaban J connectivity index is 2.34. The van der Waals surface area contributed by atoms with Crippen LogP contribution in [0.1, 0.15) is 30.1 Å². The quantitative estimate of drug-likeness (QED) is 0.773. The number of nitrogens with zero attached hydrogens (tertiary/aromatic N) is 1. The Morgan fingerprint density at radius 1 is 1.45 bits per heavy atom. The van der Waals surface area contributed by atoms with E-state index in [0.717, 1.165) is 12.8 Å². The molecule has 0 aliphatic heterocycles. The van der Waals surface area contributed by atoms with E-state index in [1.165, 1.54) is 22.5 Å². The van der Waals surface area contributed by atoms with E-state index in [4.69, 9.17) is 10.8 Å². The van der Waals surface area contributed by atoms with Crippen LogP contribution in [0.15, 0.2) is 23.1 Å². The molecule has 20 heavy (non-hydrogen) atoms. The third-order valence-corrected chi connectivity index (χ3v) is 5.40. The van der Waals surface area contributed by atoms with E-state index in [0.29, 0.717) is 19.0 Å². The van der Waals surface area contributed by atoms with Gasteiger partial charge in [0.05, 0.1) is 11.3 Å². The lowest BCUT2D eigenvalue weighted by Gasteiger charge is -2.21. The summed E-state index contributed by atoms with van der Waals surface area (Å²) in [6.45, 7) is 2.65. The molecule has 3 N–H and O–H groups in total. The van der Waals surface area contributed by atoms with E-state index in [1.54, 1.807) is 6.92 Å². The van der Waals surface area contributed by atoms with E-state index in [9.17, 15) is 13.2 Å². The minimum Gasteiger partial charge on any atom is -0.478 e. The van der Waals surface area contributed by atoms with Crippen LogP contribution in [-0.4, -0.2) is 36.9 Å². The number of carboxylic acids is 1. The third kappa shape index (κ3) is 2.94. The number of carboxylic acid groups (broad SMARTS) is 1. The van der Waals surface area contributed by atoms with E-state index in [-0.39, 0.29) is 16.1 Å². The lowest BCUT2D eigenvalue weighted by atomic mass is 10.2. The largest absolute Gasteiger partial charge is 0.478 e. The van der Waals surface area contributed by atoms with Crippen molar-refractivity contribution in [3.8, 4) is 0 Å². The van der Waals surface area contributed by atoms with Gasteiger partial charge in [-0.1, -0.05) is 6.92 Å². The van der Waals surface area contributed by atoms with Crippen LogP contribution >= 0.6 is 0 Å². The average Bonchev–Trinajstić information content (AvgIpc) is 3.19. The highest BCUT2D eigenvalue weighted by molar-refractivity contribution is 7.89. The summed E-state index contributed by atoms with van der Waals surface area (Å²) in [4.78, 5) is 10.8. The number of aromatic carboxylic acids is 1. The first-order valence-corrected chi connectivity index (χ1v) is 7.93. The predicted molar refractivity (Wildman–Crippen MR) is 75.0 cm³/mol. The summed E-state index contributed by atoms with van der Waals surface area (Å²) < 4.78 is 26.5. The number of nitrogen functional groups attached to an aromatic ring is 1. The van der Waals surface area contributed by atoms with E-state index < -0.39 is 16.0 Å². The second kappa shape index (κ2) is 5.41. The lowest BCUT2D eigenvalue weighted by molar-refractivity contribution is 0.0697. The van der Waals surface area contributed by atoms with Gasteiger partial charge in [-0.05, 0) is 37.0 Å². The minimum atomic E-state index is -3.66. The van der Waals surface area contributed by atoms with Gasteiger partial charge in [-0.2, -0.15) is 4.31 Å². The van der Waals surface area contributed by atoms with Crippen LogP contribution in [0.2, 0.25) is 0 Å². The fraction of sp³-hybridized carbons (Fsp3) is 0.462. The Labute approximate surface area is 118 Å². The number of carbonyl (C=O) groups is 1. The van der Waals surface area contributed by atoms with Gasteiger partial charge in [0, 0.05) is 13.1 Å². The Bertz CT molecular complexity index is 623. The van der Waals surface area contributed by atoms with Gasteiger partial charge in [0.25, 0.3) is 0 Å². The first-order chi connectivity index (χ1) is 9.36. The number of hydrogen-bond acceptors (Lipinski definition) is 4. The summed E-state index contributed by atoms with van der Waals surface area (Å²) in [7, 11) is -3.66. The molecule has 0 bridgehead atoms. The fourth-order valence-electron chi connectivity index (χ4n) is 2.04. The predicted octanol–water partition coefficient (Wildman–Crippen LogP) is 1.39. The Kier molecular flexibility index (Phi) is 4.01. The number of rotatable bonds is 6.